The lowest BCUT2D eigenvalue weighted by atomic mass is 9.96. The quantitative estimate of drug-likeness (QED) is 0.849. The van der Waals surface area contributed by atoms with Crippen molar-refractivity contribution in [1.29, 1.82) is 0 Å². The lowest BCUT2D eigenvalue weighted by molar-refractivity contribution is 0.329. The summed E-state index contributed by atoms with van der Waals surface area (Å²) in [4.78, 5) is 27.1. The van der Waals surface area contributed by atoms with E-state index in [-0.39, 0.29) is 22.0 Å². The van der Waals surface area contributed by atoms with Gasteiger partial charge in [-0.15, -0.1) is 0 Å². The molecule has 5 heteroatoms. The van der Waals surface area contributed by atoms with Crippen molar-refractivity contribution in [3.63, 3.8) is 0 Å². The summed E-state index contributed by atoms with van der Waals surface area (Å²) in [5.41, 5.74) is -0.150. The molecule has 4 nitrogen and oxygen atoms in total. The Morgan fingerprint density at radius 3 is 2.37 bits per heavy atom. The summed E-state index contributed by atoms with van der Waals surface area (Å²) in [5.74, 6) is 0.197. The Hall–Kier alpha value is -1.03. The van der Waals surface area contributed by atoms with Gasteiger partial charge in [0.2, 0.25) is 0 Å². The SMILES string of the molecule is CC(C)(C)Cn1c(=O)[nH]c(Cl)c(C2CCCC2)c1=O. The van der Waals surface area contributed by atoms with Crippen LogP contribution in [-0.2, 0) is 6.54 Å². The van der Waals surface area contributed by atoms with Gasteiger partial charge in [-0.3, -0.25) is 14.3 Å². The van der Waals surface area contributed by atoms with Crippen LogP contribution in [0.25, 0.3) is 0 Å². The maximum Gasteiger partial charge on any atom is 0.329 e. The fourth-order valence-electron chi connectivity index (χ4n) is 2.75. The monoisotopic (exact) mass is 284 g/mol. The number of halogens is 1. The molecular formula is C14H21ClN2O2. The molecule has 1 aliphatic carbocycles. The average Bonchev–Trinajstić information content (AvgIpc) is 2.76. The Bertz CT molecular complexity index is 575. The molecule has 106 valence electrons. The van der Waals surface area contributed by atoms with Gasteiger partial charge in [0.25, 0.3) is 5.56 Å². The highest BCUT2D eigenvalue weighted by Gasteiger charge is 2.26. The van der Waals surface area contributed by atoms with E-state index in [1.807, 2.05) is 20.8 Å². The van der Waals surface area contributed by atoms with Crippen LogP contribution < -0.4 is 11.2 Å². The molecule has 0 aliphatic heterocycles. The van der Waals surface area contributed by atoms with Crippen LogP contribution >= 0.6 is 11.6 Å². The molecule has 0 atom stereocenters. The van der Waals surface area contributed by atoms with E-state index in [0.717, 1.165) is 25.7 Å². The van der Waals surface area contributed by atoms with Crippen LogP contribution in [0, 0.1) is 5.41 Å². The molecule has 1 aromatic rings. The number of aromatic nitrogens is 2. The van der Waals surface area contributed by atoms with Crippen LogP contribution in [-0.4, -0.2) is 9.55 Å². The van der Waals surface area contributed by atoms with Gasteiger partial charge in [0.15, 0.2) is 0 Å². The highest BCUT2D eigenvalue weighted by atomic mass is 35.5. The molecule has 0 spiro atoms. The summed E-state index contributed by atoms with van der Waals surface area (Å²) >= 11 is 6.09. The first kappa shape index (κ1) is 14.4. The first-order valence-corrected chi connectivity index (χ1v) is 7.20. The van der Waals surface area contributed by atoms with Gasteiger partial charge in [0.1, 0.15) is 5.15 Å². The van der Waals surface area contributed by atoms with Crippen LogP contribution in [0.3, 0.4) is 0 Å². The van der Waals surface area contributed by atoms with E-state index in [1.54, 1.807) is 0 Å². The van der Waals surface area contributed by atoms with E-state index in [1.165, 1.54) is 4.57 Å². The summed E-state index contributed by atoms with van der Waals surface area (Å²) in [6.45, 7) is 6.41. The summed E-state index contributed by atoms with van der Waals surface area (Å²) in [5, 5.41) is 0.229. The number of H-pyrrole nitrogens is 1. The molecule has 0 amide bonds. The second-order valence-electron chi connectivity index (χ2n) is 6.59. The van der Waals surface area contributed by atoms with Gasteiger partial charge in [0.05, 0.1) is 5.56 Å². The van der Waals surface area contributed by atoms with Gasteiger partial charge >= 0.3 is 5.69 Å². The smallest absolute Gasteiger partial charge is 0.297 e. The van der Waals surface area contributed by atoms with Crippen molar-refractivity contribution in [2.45, 2.75) is 58.9 Å². The lowest BCUT2D eigenvalue weighted by Crippen LogP contribution is -2.41. The van der Waals surface area contributed by atoms with Crippen LogP contribution in [0.15, 0.2) is 9.59 Å². The van der Waals surface area contributed by atoms with Crippen LogP contribution in [0.1, 0.15) is 57.9 Å². The third kappa shape index (κ3) is 3.11. The Labute approximate surface area is 117 Å². The standard InChI is InChI=1S/C14H21ClN2O2/c1-14(2,3)8-17-12(18)10(9-6-4-5-7-9)11(15)16-13(17)19/h9H,4-8H2,1-3H3,(H,16,19). The van der Waals surface area contributed by atoms with Crippen molar-refractivity contribution in [3.05, 3.63) is 31.6 Å². The van der Waals surface area contributed by atoms with Gasteiger partial charge in [-0.25, -0.2) is 4.79 Å². The van der Waals surface area contributed by atoms with Crippen molar-refractivity contribution in [3.8, 4) is 0 Å². The minimum atomic E-state index is -0.410. The molecule has 1 N–H and O–H groups in total. The maximum absolute atomic E-state index is 12.5. The first-order valence-electron chi connectivity index (χ1n) is 6.82. The molecule has 0 unspecified atom stereocenters. The van der Waals surface area contributed by atoms with Crippen molar-refractivity contribution >= 4 is 11.6 Å². The average molecular weight is 285 g/mol. The van der Waals surface area contributed by atoms with E-state index in [4.69, 9.17) is 11.6 Å². The summed E-state index contributed by atoms with van der Waals surface area (Å²) < 4.78 is 1.29. The number of hydrogen-bond donors (Lipinski definition) is 1. The van der Waals surface area contributed by atoms with Gasteiger partial charge in [0, 0.05) is 6.54 Å². The number of hydrogen-bond acceptors (Lipinski definition) is 2. The van der Waals surface area contributed by atoms with Gasteiger partial charge in [-0.05, 0) is 24.2 Å². The maximum atomic E-state index is 12.5. The largest absolute Gasteiger partial charge is 0.329 e. The van der Waals surface area contributed by atoms with E-state index >= 15 is 0 Å². The van der Waals surface area contributed by atoms with E-state index in [2.05, 4.69) is 4.98 Å². The normalized spacial score (nSPS) is 17.1. The number of rotatable bonds is 2. The zero-order valence-corrected chi connectivity index (χ0v) is 12.5. The molecule has 1 aliphatic rings. The number of nitrogens with zero attached hydrogens (tertiary/aromatic N) is 1. The molecule has 1 aromatic heterocycles. The minimum Gasteiger partial charge on any atom is -0.297 e. The highest BCUT2D eigenvalue weighted by Crippen LogP contribution is 2.34. The van der Waals surface area contributed by atoms with Crippen LogP contribution in [0.4, 0.5) is 0 Å². The summed E-state index contributed by atoms with van der Waals surface area (Å²) in [7, 11) is 0. The summed E-state index contributed by atoms with van der Waals surface area (Å²) in [6, 6.07) is 0. The Kier molecular flexibility index (Phi) is 3.90. The van der Waals surface area contributed by atoms with Gasteiger partial charge in [-0.1, -0.05) is 45.2 Å². The molecule has 1 saturated carbocycles. The first-order chi connectivity index (χ1) is 8.79. The molecule has 0 bridgehead atoms. The van der Waals surface area contributed by atoms with Gasteiger partial charge < -0.3 is 0 Å². The van der Waals surface area contributed by atoms with Crippen molar-refractivity contribution < 1.29 is 0 Å². The van der Waals surface area contributed by atoms with Crippen molar-refractivity contribution in [2.75, 3.05) is 0 Å². The molecule has 0 saturated heterocycles. The zero-order chi connectivity index (χ0) is 14.2. The third-order valence-electron chi connectivity index (χ3n) is 3.57. The molecular weight excluding hydrogens is 264 g/mol. The fraction of sp³-hybridized carbons (Fsp3) is 0.714. The molecule has 0 aromatic carbocycles. The molecule has 1 heterocycles. The van der Waals surface area contributed by atoms with Crippen molar-refractivity contribution in [1.82, 2.24) is 9.55 Å². The molecule has 2 rings (SSSR count). The molecule has 1 fully saturated rings. The summed E-state index contributed by atoms with van der Waals surface area (Å²) in [6.07, 6.45) is 4.21. The lowest BCUT2D eigenvalue weighted by Gasteiger charge is -2.20. The number of aromatic amines is 1. The van der Waals surface area contributed by atoms with Crippen LogP contribution in [0.2, 0.25) is 5.15 Å². The van der Waals surface area contributed by atoms with E-state index in [0.29, 0.717) is 12.1 Å². The molecule has 19 heavy (non-hydrogen) atoms. The van der Waals surface area contributed by atoms with Gasteiger partial charge in [-0.2, -0.15) is 0 Å². The van der Waals surface area contributed by atoms with E-state index < -0.39 is 5.69 Å². The second kappa shape index (κ2) is 5.16. The Morgan fingerprint density at radius 1 is 1.26 bits per heavy atom. The van der Waals surface area contributed by atoms with Crippen LogP contribution in [0.5, 0.6) is 0 Å². The highest BCUT2D eigenvalue weighted by molar-refractivity contribution is 6.30. The number of nitrogens with one attached hydrogen (secondary N) is 1. The predicted octanol–water partition coefficient (Wildman–Crippen LogP) is 2.89. The second-order valence-corrected chi connectivity index (χ2v) is 6.97. The van der Waals surface area contributed by atoms with E-state index in [9.17, 15) is 9.59 Å². The fourth-order valence-corrected chi connectivity index (χ4v) is 3.06. The topological polar surface area (TPSA) is 54.9 Å². The Balaban J connectivity index is 2.53. The van der Waals surface area contributed by atoms with Crippen molar-refractivity contribution in [2.24, 2.45) is 5.41 Å². The molecule has 0 radical (unpaired) electrons. The minimum absolute atomic E-state index is 0.127. The third-order valence-corrected chi connectivity index (χ3v) is 3.87. The predicted molar refractivity (Wildman–Crippen MR) is 77.0 cm³/mol. The Morgan fingerprint density at radius 2 is 1.84 bits per heavy atom. The zero-order valence-electron chi connectivity index (χ0n) is 11.8.